The Balaban J connectivity index is 0.00000208. The van der Waals surface area contributed by atoms with Gasteiger partial charge in [0.2, 0.25) is 0 Å². The van der Waals surface area contributed by atoms with Crippen LogP contribution in [0.1, 0.15) is 25.7 Å². The Labute approximate surface area is 160 Å². The van der Waals surface area contributed by atoms with Crippen LogP contribution < -0.4 is 20.1 Å². The second-order valence-electron chi connectivity index (χ2n) is 5.92. The number of aromatic nitrogens is 1. The maximum Gasteiger partial charge on any atom is 0.170 e. The lowest BCUT2D eigenvalue weighted by molar-refractivity contribution is 0.358. The van der Waals surface area contributed by atoms with E-state index in [1.807, 2.05) is 24.4 Å². The first kappa shape index (κ1) is 19.1. The molecule has 3 rings (SSSR count). The highest BCUT2D eigenvalue weighted by molar-refractivity contribution is 14.0. The van der Waals surface area contributed by atoms with Crippen molar-refractivity contribution in [1.82, 2.24) is 10.3 Å². The molecule has 0 amide bonds. The van der Waals surface area contributed by atoms with Crippen LogP contribution in [-0.4, -0.2) is 38.3 Å². The molecule has 2 aromatic rings. The van der Waals surface area contributed by atoms with E-state index in [9.17, 15) is 0 Å². The van der Waals surface area contributed by atoms with E-state index in [2.05, 4.69) is 15.6 Å². The monoisotopic (exact) mass is 443 g/mol. The smallest absolute Gasteiger partial charge is 0.170 e. The zero-order valence-electron chi connectivity index (χ0n) is 14.3. The first-order valence-corrected chi connectivity index (χ1v) is 8.30. The maximum atomic E-state index is 5.50. The van der Waals surface area contributed by atoms with E-state index in [1.165, 1.54) is 19.3 Å². The lowest BCUT2D eigenvalue weighted by Gasteiger charge is -2.23. The number of hydrogen-bond acceptors (Lipinski definition) is 5. The summed E-state index contributed by atoms with van der Waals surface area (Å²) in [5.41, 5.74) is 1.91. The summed E-state index contributed by atoms with van der Waals surface area (Å²) in [5, 5.41) is 8.07. The number of nitrogens with one attached hydrogen (secondary N) is 2. The number of halogens is 1. The number of rotatable bonds is 6. The van der Waals surface area contributed by atoms with E-state index in [0.717, 1.165) is 47.6 Å². The van der Waals surface area contributed by atoms with Crippen molar-refractivity contribution in [3.8, 4) is 11.5 Å². The molecular formula is C18H26IN3O2. The summed E-state index contributed by atoms with van der Waals surface area (Å²) in [6, 6.07) is 6.52. The van der Waals surface area contributed by atoms with Gasteiger partial charge in [-0.3, -0.25) is 4.98 Å². The van der Waals surface area contributed by atoms with Gasteiger partial charge in [0.25, 0.3) is 0 Å². The van der Waals surface area contributed by atoms with Gasteiger partial charge in [-0.25, -0.2) is 0 Å². The molecule has 1 aliphatic heterocycles. The minimum absolute atomic E-state index is 0. The maximum absolute atomic E-state index is 5.50. The number of ether oxygens (including phenoxy) is 2. The van der Waals surface area contributed by atoms with Gasteiger partial charge in [-0.1, -0.05) is 6.42 Å². The average molecular weight is 443 g/mol. The molecule has 0 aliphatic carbocycles. The first-order valence-electron chi connectivity index (χ1n) is 8.30. The highest BCUT2D eigenvalue weighted by Gasteiger charge is 2.15. The summed E-state index contributed by atoms with van der Waals surface area (Å²) in [7, 11) is 3.32. The SMILES string of the molecule is COc1cc(NCCC2CCCCN2)c2ncccc2c1OC.I. The van der Waals surface area contributed by atoms with Gasteiger partial charge in [-0.05, 0) is 37.9 Å². The largest absolute Gasteiger partial charge is 0.493 e. The second-order valence-corrected chi connectivity index (χ2v) is 5.92. The van der Waals surface area contributed by atoms with Crippen molar-refractivity contribution in [2.45, 2.75) is 31.7 Å². The van der Waals surface area contributed by atoms with Gasteiger partial charge in [0.1, 0.15) is 0 Å². The predicted octanol–water partition coefficient (Wildman–Crippen LogP) is 3.81. The Kier molecular flexibility index (Phi) is 7.36. The van der Waals surface area contributed by atoms with Gasteiger partial charge in [-0.15, -0.1) is 24.0 Å². The van der Waals surface area contributed by atoms with Gasteiger partial charge < -0.3 is 20.1 Å². The molecule has 0 radical (unpaired) electrons. The van der Waals surface area contributed by atoms with Gasteiger partial charge in [0, 0.05) is 30.2 Å². The molecule has 24 heavy (non-hydrogen) atoms. The van der Waals surface area contributed by atoms with Crippen LogP contribution in [-0.2, 0) is 0 Å². The summed E-state index contributed by atoms with van der Waals surface area (Å²) in [6.45, 7) is 2.06. The number of hydrogen-bond donors (Lipinski definition) is 2. The van der Waals surface area contributed by atoms with Crippen LogP contribution in [0.25, 0.3) is 10.9 Å². The molecule has 1 fully saturated rings. The number of nitrogens with zero attached hydrogens (tertiary/aromatic N) is 1. The van der Waals surface area contributed by atoms with Crippen molar-refractivity contribution in [2.75, 3.05) is 32.6 Å². The predicted molar refractivity (Wildman–Crippen MR) is 109 cm³/mol. The van der Waals surface area contributed by atoms with Crippen LogP contribution in [0.3, 0.4) is 0 Å². The molecule has 1 aliphatic rings. The van der Waals surface area contributed by atoms with Gasteiger partial charge in [0.05, 0.1) is 25.4 Å². The number of benzene rings is 1. The normalized spacial score (nSPS) is 17.2. The van der Waals surface area contributed by atoms with E-state index in [-0.39, 0.29) is 24.0 Å². The fourth-order valence-corrected chi connectivity index (χ4v) is 3.25. The molecule has 2 heterocycles. The van der Waals surface area contributed by atoms with Crippen LogP contribution >= 0.6 is 24.0 Å². The van der Waals surface area contributed by atoms with Gasteiger partial charge in [0.15, 0.2) is 11.5 Å². The van der Waals surface area contributed by atoms with Crippen molar-refractivity contribution < 1.29 is 9.47 Å². The molecule has 132 valence electrons. The molecule has 1 atom stereocenters. The summed E-state index contributed by atoms with van der Waals surface area (Å²) >= 11 is 0. The van der Waals surface area contributed by atoms with Crippen LogP contribution in [0.4, 0.5) is 5.69 Å². The minimum atomic E-state index is 0. The average Bonchev–Trinajstić information content (AvgIpc) is 2.62. The molecule has 1 saturated heterocycles. The molecule has 0 bridgehead atoms. The number of fused-ring (bicyclic) bond motifs is 1. The Morgan fingerprint density at radius 1 is 1.29 bits per heavy atom. The third-order valence-corrected chi connectivity index (χ3v) is 4.45. The highest BCUT2D eigenvalue weighted by atomic mass is 127. The first-order chi connectivity index (χ1) is 11.3. The molecular weight excluding hydrogens is 417 g/mol. The summed E-state index contributed by atoms with van der Waals surface area (Å²) in [6.07, 6.45) is 6.82. The van der Waals surface area contributed by atoms with Crippen molar-refractivity contribution in [2.24, 2.45) is 0 Å². The highest BCUT2D eigenvalue weighted by Crippen LogP contribution is 2.39. The number of anilines is 1. The number of methoxy groups -OCH3 is 2. The zero-order valence-corrected chi connectivity index (χ0v) is 16.6. The van der Waals surface area contributed by atoms with Crippen molar-refractivity contribution >= 4 is 40.6 Å². The van der Waals surface area contributed by atoms with E-state index >= 15 is 0 Å². The number of piperidine rings is 1. The molecule has 1 aromatic heterocycles. The van der Waals surface area contributed by atoms with Crippen LogP contribution in [0.2, 0.25) is 0 Å². The third-order valence-electron chi connectivity index (χ3n) is 4.45. The molecule has 6 heteroatoms. The summed E-state index contributed by atoms with van der Waals surface area (Å²) in [4.78, 5) is 4.52. The van der Waals surface area contributed by atoms with E-state index < -0.39 is 0 Å². The summed E-state index contributed by atoms with van der Waals surface area (Å²) in [5.74, 6) is 1.46. The molecule has 5 nitrogen and oxygen atoms in total. The zero-order chi connectivity index (χ0) is 16.1. The molecule has 1 unspecified atom stereocenters. The fraction of sp³-hybridized carbons (Fsp3) is 0.500. The topological polar surface area (TPSA) is 55.4 Å². The molecule has 0 spiro atoms. The third kappa shape index (κ3) is 4.22. The molecule has 2 N–H and O–H groups in total. The standard InChI is InChI=1S/C18H25N3O2.HI/c1-22-16-12-15(20-11-8-13-6-3-4-9-19-13)17-14(18(16)23-2)7-5-10-21-17;/h5,7,10,12-13,19-20H,3-4,6,8-9,11H2,1-2H3;1H. The molecule has 1 aromatic carbocycles. The van der Waals surface area contributed by atoms with Crippen molar-refractivity contribution in [3.63, 3.8) is 0 Å². The minimum Gasteiger partial charge on any atom is -0.493 e. The van der Waals surface area contributed by atoms with Gasteiger partial charge in [-0.2, -0.15) is 0 Å². The Bertz CT molecular complexity index is 660. The molecule has 0 saturated carbocycles. The summed E-state index contributed by atoms with van der Waals surface area (Å²) < 4.78 is 11.0. The van der Waals surface area contributed by atoms with E-state index in [4.69, 9.17) is 9.47 Å². The quantitative estimate of drug-likeness (QED) is 0.666. The lowest BCUT2D eigenvalue weighted by Crippen LogP contribution is -2.35. The van der Waals surface area contributed by atoms with Crippen LogP contribution in [0.15, 0.2) is 24.4 Å². The second kappa shape index (κ2) is 9.27. The van der Waals surface area contributed by atoms with Crippen LogP contribution in [0.5, 0.6) is 11.5 Å². The Morgan fingerprint density at radius 2 is 2.17 bits per heavy atom. The fourth-order valence-electron chi connectivity index (χ4n) is 3.25. The van der Waals surface area contributed by atoms with Gasteiger partial charge >= 0.3 is 0 Å². The Morgan fingerprint density at radius 3 is 2.88 bits per heavy atom. The van der Waals surface area contributed by atoms with Crippen molar-refractivity contribution in [3.05, 3.63) is 24.4 Å². The van der Waals surface area contributed by atoms with E-state index in [0.29, 0.717) is 6.04 Å². The number of pyridine rings is 1. The van der Waals surface area contributed by atoms with Crippen molar-refractivity contribution in [1.29, 1.82) is 0 Å². The van der Waals surface area contributed by atoms with Crippen LogP contribution in [0, 0.1) is 0 Å². The Hall–Kier alpha value is -1.28. The van der Waals surface area contributed by atoms with E-state index in [1.54, 1.807) is 14.2 Å². The lowest BCUT2D eigenvalue weighted by atomic mass is 10.0.